The highest BCUT2D eigenvalue weighted by Gasteiger charge is 2.54. The van der Waals surface area contributed by atoms with Gasteiger partial charge in [0, 0.05) is 53.1 Å². The van der Waals surface area contributed by atoms with E-state index in [1.807, 2.05) is 27.7 Å². The third kappa shape index (κ3) is 9.61. The number of carbonyl (C=O) groups is 3. The van der Waals surface area contributed by atoms with Gasteiger partial charge in [0.15, 0.2) is 5.60 Å². The standard InChI is InChI=1S/C42H49F3N3O8P/c1-27(2)48(28(3)4)57(53-24-14-21-46)52-23-13-9-8-12-22-47(38(50)42(43,44)45)29-17-19-33-35(25-29)55-36-26-30(54-39(51)40(5,6)7)18-20-34(36)41(33)32-16-11-10-15-31(32)37(49)56-41/h10-11,15-20,25-28H,8-9,12-14,22-24H2,1-7H3. The molecule has 2 aliphatic rings. The van der Waals surface area contributed by atoms with Gasteiger partial charge in [-0.15, -0.1) is 0 Å². The summed E-state index contributed by atoms with van der Waals surface area (Å²) >= 11 is 0. The maximum atomic E-state index is 14.1. The number of ether oxygens (including phenoxy) is 3. The van der Waals surface area contributed by atoms with Crippen LogP contribution < -0.4 is 14.4 Å². The summed E-state index contributed by atoms with van der Waals surface area (Å²) < 4.78 is 74.4. The Balaban J connectivity index is 1.37. The lowest BCUT2D eigenvalue weighted by Crippen LogP contribution is -2.42. The normalized spacial score (nSPS) is 16.5. The number of benzene rings is 3. The highest BCUT2D eigenvalue weighted by Crippen LogP contribution is 2.57. The second kappa shape index (κ2) is 17.9. The average Bonchev–Trinajstić information content (AvgIpc) is 3.43. The van der Waals surface area contributed by atoms with Crippen LogP contribution in [-0.4, -0.2) is 60.5 Å². The summed E-state index contributed by atoms with van der Waals surface area (Å²) in [4.78, 5) is 39.7. The van der Waals surface area contributed by atoms with E-state index >= 15 is 0 Å². The SMILES string of the molecule is CC(C)N(C(C)C)P(OCCC#N)OCCCCCCN(C(=O)C(F)(F)F)c1ccc2c(c1)Oc1cc(OC(=O)C(C)(C)C)ccc1C21OC(=O)c2ccccc21. The van der Waals surface area contributed by atoms with Gasteiger partial charge in [-0.05, 0) is 91.6 Å². The monoisotopic (exact) mass is 811 g/mol. The van der Waals surface area contributed by atoms with E-state index in [1.54, 1.807) is 57.2 Å². The van der Waals surface area contributed by atoms with E-state index in [0.29, 0.717) is 53.0 Å². The molecule has 3 aromatic carbocycles. The van der Waals surface area contributed by atoms with Crippen LogP contribution in [0.15, 0.2) is 60.7 Å². The minimum Gasteiger partial charge on any atom is -0.456 e. The summed E-state index contributed by atoms with van der Waals surface area (Å²) in [6, 6.07) is 18.1. The Hall–Kier alpha value is -4.54. The quantitative estimate of drug-likeness (QED) is 0.0597. The molecule has 11 nitrogen and oxygen atoms in total. The van der Waals surface area contributed by atoms with Gasteiger partial charge in [-0.1, -0.05) is 31.0 Å². The predicted molar refractivity (Wildman–Crippen MR) is 208 cm³/mol. The van der Waals surface area contributed by atoms with Crippen molar-refractivity contribution in [1.29, 1.82) is 5.26 Å². The lowest BCUT2D eigenvalue weighted by molar-refractivity contribution is -0.170. The first-order chi connectivity index (χ1) is 26.9. The van der Waals surface area contributed by atoms with Gasteiger partial charge in [-0.25, -0.2) is 9.46 Å². The predicted octanol–water partition coefficient (Wildman–Crippen LogP) is 9.95. The van der Waals surface area contributed by atoms with Gasteiger partial charge in [0.2, 0.25) is 0 Å². The first-order valence-electron chi connectivity index (χ1n) is 19.0. The van der Waals surface area contributed by atoms with Crippen LogP contribution in [0.4, 0.5) is 18.9 Å². The number of alkyl halides is 3. The van der Waals surface area contributed by atoms with Crippen molar-refractivity contribution >= 4 is 32.1 Å². The van der Waals surface area contributed by atoms with Gasteiger partial charge in [-0.3, -0.25) is 9.59 Å². The van der Waals surface area contributed by atoms with Crippen molar-refractivity contribution in [3.8, 4) is 23.3 Å². The number of fused-ring (bicyclic) bond motifs is 6. The fourth-order valence-electron chi connectivity index (χ4n) is 6.82. The van der Waals surface area contributed by atoms with Gasteiger partial charge >= 0.3 is 24.0 Å². The number of nitriles is 1. The molecule has 15 heteroatoms. The van der Waals surface area contributed by atoms with E-state index in [-0.39, 0.29) is 61.0 Å². The van der Waals surface area contributed by atoms with Crippen LogP contribution in [0.3, 0.4) is 0 Å². The van der Waals surface area contributed by atoms with Crippen LogP contribution in [0.5, 0.6) is 17.2 Å². The second-order valence-electron chi connectivity index (χ2n) is 15.4. The van der Waals surface area contributed by atoms with Crippen LogP contribution in [0, 0.1) is 16.7 Å². The van der Waals surface area contributed by atoms with Crippen LogP contribution in [-0.2, 0) is 29.0 Å². The van der Waals surface area contributed by atoms with E-state index in [4.69, 9.17) is 28.5 Å². The molecule has 1 spiro atoms. The summed E-state index contributed by atoms with van der Waals surface area (Å²) in [5.74, 6) is -2.77. The number of esters is 2. The van der Waals surface area contributed by atoms with Gasteiger partial charge in [0.05, 0.1) is 36.7 Å². The van der Waals surface area contributed by atoms with Gasteiger partial charge in [0.25, 0.3) is 8.53 Å². The Kier molecular flexibility index (Phi) is 13.7. The molecule has 1 amide bonds. The maximum Gasteiger partial charge on any atom is 0.471 e. The van der Waals surface area contributed by atoms with Crippen molar-refractivity contribution in [1.82, 2.24) is 4.67 Å². The number of anilines is 1. The third-order valence-corrected chi connectivity index (χ3v) is 11.5. The molecule has 2 unspecified atom stereocenters. The van der Waals surface area contributed by atoms with Crippen LogP contribution >= 0.6 is 8.53 Å². The summed E-state index contributed by atoms with van der Waals surface area (Å²) in [5.41, 5.74) is -0.834. The first-order valence-corrected chi connectivity index (χ1v) is 20.1. The highest BCUT2D eigenvalue weighted by molar-refractivity contribution is 7.44. The minimum absolute atomic E-state index is 0.0613. The first kappa shape index (κ1) is 43.6. The largest absolute Gasteiger partial charge is 0.471 e. The molecule has 0 aliphatic carbocycles. The number of amides is 1. The van der Waals surface area contributed by atoms with E-state index in [2.05, 4.69) is 10.7 Å². The molecular weight excluding hydrogens is 762 g/mol. The summed E-state index contributed by atoms with van der Waals surface area (Å²) in [5, 5.41) is 8.95. The zero-order chi connectivity index (χ0) is 41.7. The molecule has 0 saturated heterocycles. The Labute approximate surface area is 332 Å². The van der Waals surface area contributed by atoms with Crippen LogP contribution in [0.1, 0.15) is 108 Å². The Morgan fingerprint density at radius 2 is 1.49 bits per heavy atom. The molecule has 0 fully saturated rings. The molecule has 57 heavy (non-hydrogen) atoms. The Bertz CT molecular complexity index is 1990. The summed E-state index contributed by atoms with van der Waals surface area (Å²) in [6.45, 7) is 13.6. The number of unbranched alkanes of at least 4 members (excludes halogenated alkanes) is 3. The number of halogens is 3. The Morgan fingerprint density at radius 3 is 2.14 bits per heavy atom. The fraction of sp³-hybridized carbons (Fsp3) is 0.476. The van der Waals surface area contributed by atoms with Crippen molar-refractivity contribution in [2.45, 2.75) is 104 Å². The number of nitrogens with zero attached hydrogens (tertiary/aromatic N) is 3. The highest BCUT2D eigenvalue weighted by atomic mass is 31.2. The number of carbonyl (C=O) groups excluding carboxylic acids is 3. The molecule has 2 atom stereocenters. The molecule has 5 rings (SSSR count). The molecule has 0 bridgehead atoms. The van der Waals surface area contributed by atoms with E-state index in [9.17, 15) is 27.6 Å². The van der Waals surface area contributed by atoms with E-state index < -0.39 is 43.6 Å². The zero-order valence-corrected chi connectivity index (χ0v) is 34.2. The van der Waals surface area contributed by atoms with Crippen molar-refractivity contribution < 1.29 is 50.8 Å². The fourth-order valence-corrected chi connectivity index (χ4v) is 8.45. The average molecular weight is 812 g/mol. The van der Waals surface area contributed by atoms with E-state index in [1.165, 1.54) is 24.3 Å². The molecule has 0 N–H and O–H groups in total. The molecule has 2 heterocycles. The van der Waals surface area contributed by atoms with Crippen molar-refractivity contribution in [3.63, 3.8) is 0 Å². The number of hydrogen-bond acceptors (Lipinski definition) is 10. The second-order valence-corrected chi connectivity index (χ2v) is 16.9. The number of hydrogen-bond donors (Lipinski definition) is 0. The topological polar surface area (TPSA) is 128 Å². The smallest absolute Gasteiger partial charge is 0.456 e. The molecule has 0 radical (unpaired) electrons. The van der Waals surface area contributed by atoms with Gasteiger partial charge < -0.3 is 28.2 Å². The van der Waals surface area contributed by atoms with Crippen molar-refractivity contribution in [3.05, 3.63) is 82.9 Å². The summed E-state index contributed by atoms with van der Waals surface area (Å²) in [7, 11) is -1.41. The molecule has 0 aromatic heterocycles. The molecule has 306 valence electrons. The minimum atomic E-state index is -5.16. The maximum absolute atomic E-state index is 14.1. The lowest BCUT2D eigenvalue weighted by atomic mass is 9.77. The third-order valence-electron chi connectivity index (χ3n) is 9.43. The van der Waals surface area contributed by atoms with Crippen molar-refractivity contribution in [2.75, 3.05) is 24.7 Å². The molecular formula is C42H49F3N3O8P. The zero-order valence-electron chi connectivity index (χ0n) is 33.3. The van der Waals surface area contributed by atoms with Gasteiger partial charge in [0.1, 0.15) is 17.2 Å². The lowest BCUT2D eigenvalue weighted by Gasteiger charge is -2.37. The molecule has 0 saturated carbocycles. The Morgan fingerprint density at radius 1 is 0.860 bits per heavy atom. The van der Waals surface area contributed by atoms with Crippen molar-refractivity contribution in [2.24, 2.45) is 5.41 Å². The molecule has 2 aliphatic heterocycles. The van der Waals surface area contributed by atoms with E-state index in [0.717, 1.165) is 0 Å². The number of rotatable bonds is 16. The van der Waals surface area contributed by atoms with Gasteiger partial charge in [-0.2, -0.15) is 18.4 Å². The van der Waals surface area contributed by atoms with Crippen LogP contribution in [0.2, 0.25) is 0 Å². The van der Waals surface area contributed by atoms with Crippen LogP contribution in [0.25, 0.3) is 0 Å². The molecule has 3 aromatic rings. The summed E-state index contributed by atoms with van der Waals surface area (Å²) in [6.07, 6.45) is -2.92.